The Bertz CT molecular complexity index is 509. The van der Waals surface area contributed by atoms with Crippen LogP contribution in [0.3, 0.4) is 0 Å². The highest BCUT2D eigenvalue weighted by Crippen LogP contribution is 2.29. The Morgan fingerprint density at radius 3 is 2.68 bits per heavy atom. The van der Waals surface area contributed by atoms with Crippen molar-refractivity contribution in [3.8, 4) is 0 Å². The SMILES string of the molecule is Cc1cc(C(C)NC(=O)NCC2(CO)CCOCC2)c(C)s1. The van der Waals surface area contributed by atoms with E-state index in [1.807, 2.05) is 6.92 Å². The van der Waals surface area contributed by atoms with Crippen LogP contribution in [0.4, 0.5) is 4.79 Å². The van der Waals surface area contributed by atoms with Crippen molar-refractivity contribution in [3.05, 3.63) is 21.4 Å². The molecule has 124 valence electrons. The molecule has 1 aliphatic heterocycles. The Hall–Kier alpha value is -1.11. The highest BCUT2D eigenvalue weighted by molar-refractivity contribution is 7.12. The van der Waals surface area contributed by atoms with Crippen LogP contribution in [-0.4, -0.2) is 37.5 Å². The van der Waals surface area contributed by atoms with Gasteiger partial charge in [-0.3, -0.25) is 0 Å². The second-order valence-corrected chi connectivity index (χ2v) is 7.65. The van der Waals surface area contributed by atoms with E-state index >= 15 is 0 Å². The minimum absolute atomic E-state index is 0.0234. The quantitative estimate of drug-likeness (QED) is 0.778. The number of hydrogen-bond acceptors (Lipinski definition) is 4. The summed E-state index contributed by atoms with van der Waals surface area (Å²) < 4.78 is 5.33. The first-order chi connectivity index (χ1) is 10.5. The number of rotatable bonds is 5. The molecule has 0 bridgehead atoms. The molecule has 2 heterocycles. The molecule has 0 spiro atoms. The zero-order valence-electron chi connectivity index (χ0n) is 13.6. The van der Waals surface area contributed by atoms with Crippen LogP contribution >= 0.6 is 11.3 Å². The fourth-order valence-electron chi connectivity index (χ4n) is 2.87. The van der Waals surface area contributed by atoms with Crippen molar-refractivity contribution in [3.63, 3.8) is 0 Å². The molecule has 1 saturated heterocycles. The van der Waals surface area contributed by atoms with Crippen LogP contribution in [0.1, 0.15) is 41.1 Å². The Labute approximate surface area is 136 Å². The summed E-state index contributed by atoms with van der Waals surface area (Å²) in [5, 5.41) is 15.5. The molecule has 2 rings (SSSR count). The van der Waals surface area contributed by atoms with Gasteiger partial charge in [-0.2, -0.15) is 0 Å². The topological polar surface area (TPSA) is 70.6 Å². The van der Waals surface area contributed by atoms with Gasteiger partial charge in [-0.15, -0.1) is 11.3 Å². The first kappa shape index (κ1) is 17.2. The highest BCUT2D eigenvalue weighted by Gasteiger charge is 2.32. The molecule has 5 nitrogen and oxygen atoms in total. The normalized spacial score (nSPS) is 18.7. The first-order valence-electron chi connectivity index (χ1n) is 7.76. The molecule has 22 heavy (non-hydrogen) atoms. The van der Waals surface area contributed by atoms with E-state index in [1.54, 1.807) is 11.3 Å². The second kappa shape index (κ2) is 7.44. The van der Waals surface area contributed by atoms with Gasteiger partial charge in [-0.05, 0) is 45.2 Å². The number of thiophene rings is 1. The molecule has 1 fully saturated rings. The van der Waals surface area contributed by atoms with Crippen LogP contribution in [0, 0.1) is 19.3 Å². The van der Waals surface area contributed by atoms with E-state index < -0.39 is 0 Å². The van der Waals surface area contributed by atoms with Gasteiger partial charge in [0.2, 0.25) is 0 Å². The molecule has 1 unspecified atom stereocenters. The third-order valence-electron chi connectivity index (χ3n) is 4.41. The molecule has 0 aliphatic carbocycles. The Kier molecular flexibility index (Phi) is 5.83. The molecule has 0 aromatic carbocycles. The number of nitrogens with one attached hydrogen (secondary N) is 2. The van der Waals surface area contributed by atoms with E-state index in [4.69, 9.17) is 4.74 Å². The largest absolute Gasteiger partial charge is 0.396 e. The number of aryl methyl sites for hydroxylation is 2. The van der Waals surface area contributed by atoms with Crippen molar-refractivity contribution in [1.29, 1.82) is 0 Å². The average Bonchev–Trinajstić information content (AvgIpc) is 2.85. The van der Waals surface area contributed by atoms with Gasteiger partial charge >= 0.3 is 6.03 Å². The van der Waals surface area contributed by atoms with Gasteiger partial charge in [0.05, 0.1) is 12.6 Å². The summed E-state index contributed by atoms with van der Waals surface area (Å²) in [6, 6.07) is 1.92. The smallest absolute Gasteiger partial charge is 0.315 e. The number of aliphatic hydroxyl groups excluding tert-OH is 1. The minimum atomic E-state index is -0.242. The van der Waals surface area contributed by atoms with Gasteiger partial charge < -0.3 is 20.5 Å². The number of aliphatic hydroxyl groups is 1. The first-order valence-corrected chi connectivity index (χ1v) is 8.57. The van der Waals surface area contributed by atoms with Gasteiger partial charge in [-0.1, -0.05) is 0 Å². The van der Waals surface area contributed by atoms with Crippen molar-refractivity contribution in [1.82, 2.24) is 10.6 Å². The van der Waals surface area contributed by atoms with E-state index in [9.17, 15) is 9.90 Å². The van der Waals surface area contributed by atoms with Crippen molar-refractivity contribution >= 4 is 17.4 Å². The van der Waals surface area contributed by atoms with E-state index in [0.717, 1.165) is 12.8 Å². The number of carbonyl (C=O) groups is 1. The predicted molar refractivity (Wildman–Crippen MR) is 88.3 cm³/mol. The summed E-state index contributed by atoms with van der Waals surface area (Å²) >= 11 is 1.75. The number of carbonyl (C=O) groups excluding carboxylic acids is 1. The van der Waals surface area contributed by atoms with Crippen LogP contribution in [0.2, 0.25) is 0 Å². The van der Waals surface area contributed by atoms with Crippen LogP contribution in [0.5, 0.6) is 0 Å². The monoisotopic (exact) mass is 326 g/mol. The second-order valence-electron chi connectivity index (χ2n) is 6.19. The van der Waals surface area contributed by atoms with E-state index in [0.29, 0.717) is 19.8 Å². The number of hydrogen-bond donors (Lipinski definition) is 3. The van der Waals surface area contributed by atoms with Crippen LogP contribution in [0.15, 0.2) is 6.07 Å². The maximum Gasteiger partial charge on any atom is 0.315 e. The lowest BCUT2D eigenvalue weighted by Gasteiger charge is -2.35. The Morgan fingerprint density at radius 2 is 2.14 bits per heavy atom. The Morgan fingerprint density at radius 1 is 1.45 bits per heavy atom. The van der Waals surface area contributed by atoms with Crippen molar-refractivity contribution in [2.24, 2.45) is 5.41 Å². The van der Waals surface area contributed by atoms with Crippen molar-refractivity contribution in [2.75, 3.05) is 26.4 Å². The predicted octanol–water partition coefficient (Wildman–Crippen LogP) is 2.51. The summed E-state index contributed by atoms with van der Waals surface area (Å²) in [4.78, 5) is 14.6. The maximum absolute atomic E-state index is 12.1. The molecular formula is C16H26N2O3S. The molecule has 1 aliphatic rings. The van der Waals surface area contributed by atoms with E-state index in [-0.39, 0.29) is 24.1 Å². The Balaban J connectivity index is 1.86. The van der Waals surface area contributed by atoms with E-state index in [1.165, 1.54) is 15.3 Å². The molecule has 6 heteroatoms. The van der Waals surface area contributed by atoms with Crippen molar-refractivity contribution in [2.45, 2.75) is 39.7 Å². The fraction of sp³-hybridized carbons (Fsp3) is 0.688. The molecule has 0 radical (unpaired) electrons. The molecule has 2 amide bonds. The van der Waals surface area contributed by atoms with Gasteiger partial charge in [0.25, 0.3) is 0 Å². The number of amides is 2. The van der Waals surface area contributed by atoms with Crippen LogP contribution in [0.25, 0.3) is 0 Å². The third kappa shape index (κ3) is 4.21. The maximum atomic E-state index is 12.1. The van der Waals surface area contributed by atoms with Crippen molar-refractivity contribution < 1.29 is 14.6 Å². The summed E-state index contributed by atoms with van der Waals surface area (Å²) in [6.45, 7) is 7.99. The van der Waals surface area contributed by atoms with Gasteiger partial charge in [0.1, 0.15) is 0 Å². The number of ether oxygens (including phenoxy) is 1. The number of urea groups is 1. The lowest BCUT2D eigenvalue weighted by atomic mass is 9.81. The summed E-state index contributed by atoms with van der Waals surface area (Å²) in [5.74, 6) is 0. The minimum Gasteiger partial charge on any atom is -0.396 e. The lowest BCUT2D eigenvalue weighted by Crippen LogP contribution is -2.47. The molecule has 1 atom stereocenters. The highest BCUT2D eigenvalue weighted by atomic mass is 32.1. The molecule has 3 N–H and O–H groups in total. The van der Waals surface area contributed by atoms with E-state index in [2.05, 4.69) is 30.5 Å². The molecule has 1 aromatic rings. The lowest BCUT2D eigenvalue weighted by molar-refractivity contribution is -0.0139. The van der Waals surface area contributed by atoms with Crippen LogP contribution in [-0.2, 0) is 4.74 Å². The van der Waals surface area contributed by atoms with Crippen LogP contribution < -0.4 is 10.6 Å². The summed E-state index contributed by atoms with van der Waals surface area (Å²) in [7, 11) is 0. The molecule has 0 saturated carbocycles. The van der Waals surface area contributed by atoms with Gasteiger partial charge in [0.15, 0.2) is 0 Å². The van der Waals surface area contributed by atoms with Gasteiger partial charge in [-0.25, -0.2) is 4.79 Å². The fourth-order valence-corrected chi connectivity index (χ4v) is 3.89. The average molecular weight is 326 g/mol. The zero-order valence-corrected chi connectivity index (χ0v) is 14.4. The molecular weight excluding hydrogens is 300 g/mol. The van der Waals surface area contributed by atoms with Gasteiger partial charge in [0, 0.05) is 34.9 Å². The summed E-state index contributed by atoms with van der Waals surface area (Å²) in [6.07, 6.45) is 1.56. The third-order valence-corrected chi connectivity index (χ3v) is 5.39. The summed E-state index contributed by atoms with van der Waals surface area (Å²) in [5.41, 5.74) is 0.925. The zero-order chi connectivity index (χ0) is 16.2. The standard InChI is InChI=1S/C16H26N2O3S/c1-11-8-14(13(3)22-11)12(2)18-15(20)17-9-16(10-19)4-6-21-7-5-16/h8,12,19H,4-7,9-10H2,1-3H3,(H2,17,18,20). The molecule has 1 aromatic heterocycles.